The van der Waals surface area contributed by atoms with Crippen molar-refractivity contribution in [2.45, 2.75) is 19.9 Å². The first kappa shape index (κ1) is 14.3. The van der Waals surface area contributed by atoms with Gasteiger partial charge in [0.15, 0.2) is 9.84 Å². The Morgan fingerprint density at radius 2 is 2.11 bits per heavy atom. The number of anilines is 1. The molecule has 1 heterocycles. The molecule has 0 saturated carbocycles. The quantitative estimate of drug-likeness (QED) is 0.910. The third kappa shape index (κ3) is 3.94. The summed E-state index contributed by atoms with van der Waals surface area (Å²) in [7, 11) is -2.81. The van der Waals surface area contributed by atoms with E-state index in [4.69, 9.17) is 0 Å². The summed E-state index contributed by atoms with van der Waals surface area (Å²) in [5.74, 6) is 0.582. The standard InChI is InChI=1S/C14H22N2O2S/c1-12-5-3-4-6-14(12)15-7-8-16-9-10-19(17,18)11-13(16)2/h3-6,13,15H,7-11H2,1-2H3. The Hall–Kier alpha value is -1.07. The van der Waals surface area contributed by atoms with Crippen molar-refractivity contribution < 1.29 is 8.42 Å². The van der Waals surface area contributed by atoms with Crippen LogP contribution in [0.5, 0.6) is 0 Å². The van der Waals surface area contributed by atoms with Gasteiger partial charge in [0.25, 0.3) is 0 Å². The maximum atomic E-state index is 11.5. The molecule has 1 N–H and O–H groups in total. The van der Waals surface area contributed by atoms with Gasteiger partial charge in [-0.2, -0.15) is 0 Å². The van der Waals surface area contributed by atoms with Crippen LogP contribution in [0.3, 0.4) is 0 Å². The second kappa shape index (κ2) is 5.92. The molecule has 0 spiro atoms. The van der Waals surface area contributed by atoms with Crippen molar-refractivity contribution in [2.24, 2.45) is 0 Å². The fourth-order valence-electron chi connectivity index (χ4n) is 2.47. The van der Waals surface area contributed by atoms with Gasteiger partial charge in [-0.3, -0.25) is 4.90 Å². The third-order valence-corrected chi connectivity index (χ3v) is 5.46. The fourth-order valence-corrected chi connectivity index (χ4v) is 4.10. The zero-order valence-corrected chi connectivity index (χ0v) is 12.4. The van der Waals surface area contributed by atoms with E-state index in [9.17, 15) is 8.42 Å². The van der Waals surface area contributed by atoms with Crippen molar-refractivity contribution in [3.05, 3.63) is 29.8 Å². The zero-order valence-electron chi connectivity index (χ0n) is 11.6. The second-order valence-corrected chi connectivity index (χ2v) is 7.47. The molecule has 2 rings (SSSR count). The van der Waals surface area contributed by atoms with Gasteiger partial charge in [0.05, 0.1) is 11.5 Å². The van der Waals surface area contributed by atoms with Gasteiger partial charge in [-0.05, 0) is 25.5 Å². The summed E-state index contributed by atoms with van der Waals surface area (Å²) in [6, 6.07) is 8.32. The first-order valence-electron chi connectivity index (χ1n) is 6.72. The van der Waals surface area contributed by atoms with Crippen LogP contribution < -0.4 is 5.32 Å². The van der Waals surface area contributed by atoms with E-state index in [1.54, 1.807) is 0 Å². The number of hydrogen-bond donors (Lipinski definition) is 1. The van der Waals surface area contributed by atoms with Crippen LogP contribution in [0.15, 0.2) is 24.3 Å². The molecule has 4 nitrogen and oxygen atoms in total. The number of sulfone groups is 1. The molecule has 1 fully saturated rings. The van der Waals surface area contributed by atoms with Crippen molar-refractivity contribution in [1.82, 2.24) is 4.90 Å². The maximum absolute atomic E-state index is 11.5. The molecular weight excluding hydrogens is 260 g/mol. The Bertz CT molecular complexity index is 528. The predicted molar refractivity (Wildman–Crippen MR) is 79.4 cm³/mol. The Balaban J connectivity index is 1.82. The maximum Gasteiger partial charge on any atom is 0.153 e. The number of aryl methyl sites for hydroxylation is 1. The predicted octanol–water partition coefficient (Wildman–Crippen LogP) is 1.53. The Kier molecular flexibility index (Phi) is 4.47. The van der Waals surface area contributed by atoms with Gasteiger partial charge in [0, 0.05) is 31.4 Å². The van der Waals surface area contributed by atoms with Crippen LogP contribution in [-0.4, -0.2) is 50.5 Å². The van der Waals surface area contributed by atoms with Gasteiger partial charge in [-0.1, -0.05) is 18.2 Å². The van der Waals surface area contributed by atoms with Gasteiger partial charge in [0.1, 0.15) is 0 Å². The molecule has 1 saturated heterocycles. The Morgan fingerprint density at radius 3 is 2.79 bits per heavy atom. The average molecular weight is 282 g/mol. The first-order chi connectivity index (χ1) is 8.98. The van der Waals surface area contributed by atoms with Crippen LogP contribution in [-0.2, 0) is 9.84 Å². The van der Waals surface area contributed by atoms with Crippen molar-refractivity contribution in [3.63, 3.8) is 0 Å². The number of para-hydroxylation sites is 1. The lowest BCUT2D eigenvalue weighted by molar-refractivity contribution is 0.235. The third-order valence-electron chi connectivity index (χ3n) is 3.67. The highest BCUT2D eigenvalue weighted by molar-refractivity contribution is 7.91. The van der Waals surface area contributed by atoms with E-state index >= 15 is 0 Å². The summed E-state index contributed by atoms with van der Waals surface area (Å²) < 4.78 is 23.0. The summed E-state index contributed by atoms with van der Waals surface area (Å²) in [5, 5.41) is 3.41. The minimum absolute atomic E-state index is 0.123. The number of hydrogen-bond acceptors (Lipinski definition) is 4. The summed E-state index contributed by atoms with van der Waals surface area (Å²) in [6.07, 6.45) is 0. The largest absolute Gasteiger partial charge is 0.384 e. The van der Waals surface area contributed by atoms with E-state index in [1.807, 2.05) is 19.1 Å². The molecule has 1 atom stereocenters. The number of rotatable bonds is 4. The van der Waals surface area contributed by atoms with Crippen LogP contribution in [0.2, 0.25) is 0 Å². The van der Waals surface area contributed by atoms with Crippen molar-refractivity contribution in [2.75, 3.05) is 36.5 Å². The minimum Gasteiger partial charge on any atom is -0.384 e. The molecule has 19 heavy (non-hydrogen) atoms. The molecule has 0 aromatic heterocycles. The average Bonchev–Trinajstić information content (AvgIpc) is 2.33. The van der Waals surface area contributed by atoms with Crippen molar-refractivity contribution >= 4 is 15.5 Å². The van der Waals surface area contributed by atoms with E-state index in [0.717, 1.165) is 18.8 Å². The summed E-state index contributed by atoms with van der Waals surface area (Å²) in [5.41, 5.74) is 2.39. The number of nitrogens with one attached hydrogen (secondary N) is 1. The van der Waals surface area contributed by atoms with Crippen molar-refractivity contribution in [3.8, 4) is 0 Å². The van der Waals surface area contributed by atoms with E-state index < -0.39 is 9.84 Å². The van der Waals surface area contributed by atoms with Gasteiger partial charge >= 0.3 is 0 Å². The molecule has 1 aliphatic rings. The molecule has 0 radical (unpaired) electrons. The number of nitrogens with zero attached hydrogens (tertiary/aromatic N) is 1. The van der Waals surface area contributed by atoms with E-state index in [2.05, 4.69) is 29.3 Å². The molecular formula is C14H22N2O2S. The molecule has 106 valence electrons. The molecule has 5 heteroatoms. The molecule has 0 aliphatic carbocycles. The van der Waals surface area contributed by atoms with E-state index in [1.165, 1.54) is 5.56 Å². The summed E-state index contributed by atoms with van der Waals surface area (Å²) in [4.78, 5) is 2.24. The molecule has 1 aromatic carbocycles. The lowest BCUT2D eigenvalue weighted by Crippen LogP contribution is -2.48. The van der Waals surface area contributed by atoms with Crippen LogP contribution in [0.1, 0.15) is 12.5 Å². The van der Waals surface area contributed by atoms with Crippen LogP contribution in [0.25, 0.3) is 0 Å². The minimum atomic E-state index is -2.81. The van der Waals surface area contributed by atoms with E-state index in [0.29, 0.717) is 12.3 Å². The zero-order chi connectivity index (χ0) is 13.9. The van der Waals surface area contributed by atoms with Crippen LogP contribution >= 0.6 is 0 Å². The second-order valence-electron chi connectivity index (χ2n) is 5.24. The lowest BCUT2D eigenvalue weighted by atomic mass is 10.2. The smallest absolute Gasteiger partial charge is 0.153 e. The summed E-state index contributed by atoms with van der Waals surface area (Å²) >= 11 is 0. The molecule has 1 aliphatic heterocycles. The normalized spacial score (nSPS) is 23.2. The Morgan fingerprint density at radius 1 is 1.37 bits per heavy atom. The molecule has 1 aromatic rings. The lowest BCUT2D eigenvalue weighted by Gasteiger charge is -2.33. The Labute approximate surface area is 115 Å². The number of benzene rings is 1. The molecule has 0 bridgehead atoms. The van der Waals surface area contributed by atoms with Gasteiger partial charge < -0.3 is 5.32 Å². The van der Waals surface area contributed by atoms with Crippen molar-refractivity contribution in [1.29, 1.82) is 0 Å². The molecule has 1 unspecified atom stereocenters. The highest BCUT2D eigenvalue weighted by atomic mass is 32.2. The van der Waals surface area contributed by atoms with Crippen LogP contribution in [0, 0.1) is 6.92 Å². The van der Waals surface area contributed by atoms with Gasteiger partial charge in [-0.15, -0.1) is 0 Å². The first-order valence-corrected chi connectivity index (χ1v) is 8.54. The van der Waals surface area contributed by atoms with E-state index in [-0.39, 0.29) is 11.8 Å². The summed E-state index contributed by atoms with van der Waals surface area (Å²) in [6.45, 7) is 6.45. The highest BCUT2D eigenvalue weighted by Crippen LogP contribution is 2.14. The topological polar surface area (TPSA) is 49.4 Å². The SMILES string of the molecule is Cc1ccccc1NCCN1CCS(=O)(=O)CC1C. The van der Waals surface area contributed by atoms with Gasteiger partial charge in [0.2, 0.25) is 0 Å². The molecule has 0 amide bonds. The highest BCUT2D eigenvalue weighted by Gasteiger charge is 2.27. The monoisotopic (exact) mass is 282 g/mol. The van der Waals surface area contributed by atoms with Crippen LogP contribution in [0.4, 0.5) is 5.69 Å². The van der Waals surface area contributed by atoms with Gasteiger partial charge in [-0.25, -0.2) is 8.42 Å². The fraction of sp³-hybridized carbons (Fsp3) is 0.571.